The Labute approximate surface area is 88.8 Å². The summed E-state index contributed by atoms with van der Waals surface area (Å²) < 4.78 is 10.8. The highest BCUT2D eigenvalue weighted by atomic mass is 16.5. The highest BCUT2D eigenvalue weighted by molar-refractivity contribution is 5.81. The Morgan fingerprint density at radius 2 is 2.27 bits per heavy atom. The number of furan rings is 1. The molecular formula is C12H15NO2. The molecule has 0 spiro atoms. The molecule has 1 heterocycles. The van der Waals surface area contributed by atoms with E-state index in [1.165, 1.54) is 0 Å². The molecule has 0 saturated carbocycles. The number of hydrogen-bond acceptors (Lipinski definition) is 3. The van der Waals surface area contributed by atoms with Gasteiger partial charge in [-0.25, -0.2) is 0 Å². The van der Waals surface area contributed by atoms with Crippen molar-refractivity contribution in [2.75, 3.05) is 6.61 Å². The maximum atomic E-state index is 5.56. The van der Waals surface area contributed by atoms with Crippen LogP contribution in [0.3, 0.4) is 0 Å². The van der Waals surface area contributed by atoms with E-state index >= 15 is 0 Å². The molecule has 15 heavy (non-hydrogen) atoms. The quantitative estimate of drug-likeness (QED) is 0.833. The molecule has 1 aromatic carbocycles. The van der Waals surface area contributed by atoms with Crippen LogP contribution in [0.1, 0.15) is 18.1 Å². The van der Waals surface area contributed by atoms with Crippen LogP contribution in [0.5, 0.6) is 0 Å². The minimum Gasteiger partial charge on any atom is -0.464 e. The predicted octanol–water partition coefficient (Wildman–Crippen LogP) is 2.43. The third-order valence-corrected chi connectivity index (χ3v) is 2.42. The Morgan fingerprint density at radius 3 is 3.00 bits per heavy atom. The first-order valence-electron chi connectivity index (χ1n) is 5.12. The fraction of sp³-hybridized carbons (Fsp3) is 0.333. The summed E-state index contributed by atoms with van der Waals surface area (Å²) >= 11 is 0. The van der Waals surface area contributed by atoms with Gasteiger partial charge in [-0.3, -0.25) is 0 Å². The van der Waals surface area contributed by atoms with Gasteiger partial charge >= 0.3 is 0 Å². The molecule has 0 unspecified atom stereocenters. The number of rotatable bonds is 4. The molecule has 0 saturated heterocycles. The van der Waals surface area contributed by atoms with Gasteiger partial charge in [-0.05, 0) is 18.6 Å². The summed E-state index contributed by atoms with van der Waals surface area (Å²) in [5.74, 6) is 0. The standard InChI is InChI=1S/C12H15NO2/c1-2-14-7-10-8-15-12-5-9(6-13)3-4-11(10)12/h3-5,8H,2,6-7,13H2,1H3. The maximum Gasteiger partial charge on any atom is 0.134 e. The predicted molar refractivity (Wildman–Crippen MR) is 59.4 cm³/mol. The summed E-state index contributed by atoms with van der Waals surface area (Å²) in [5.41, 5.74) is 8.62. The molecule has 0 aliphatic carbocycles. The number of benzene rings is 1. The van der Waals surface area contributed by atoms with E-state index in [1.54, 1.807) is 6.26 Å². The van der Waals surface area contributed by atoms with Crippen molar-refractivity contribution >= 4 is 11.0 Å². The van der Waals surface area contributed by atoms with Crippen LogP contribution in [0.4, 0.5) is 0 Å². The van der Waals surface area contributed by atoms with Crippen LogP contribution in [-0.4, -0.2) is 6.61 Å². The lowest BCUT2D eigenvalue weighted by molar-refractivity contribution is 0.134. The first kappa shape index (κ1) is 10.2. The molecule has 0 radical (unpaired) electrons. The third kappa shape index (κ3) is 2.03. The van der Waals surface area contributed by atoms with Gasteiger partial charge in [0.05, 0.1) is 12.9 Å². The van der Waals surface area contributed by atoms with Gasteiger partial charge in [0, 0.05) is 24.1 Å². The average Bonchev–Trinajstić information content (AvgIpc) is 2.68. The lowest BCUT2D eigenvalue weighted by atomic mass is 10.1. The second kappa shape index (κ2) is 4.47. The molecular weight excluding hydrogens is 190 g/mol. The first-order chi connectivity index (χ1) is 7.35. The number of hydrogen-bond donors (Lipinski definition) is 1. The van der Waals surface area contributed by atoms with E-state index in [-0.39, 0.29) is 0 Å². The van der Waals surface area contributed by atoms with Crippen molar-refractivity contribution in [2.24, 2.45) is 5.73 Å². The van der Waals surface area contributed by atoms with Crippen molar-refractivity contribution in [3.05, 3.63) is 35.6 Å². The van der Waals surface area contributed by atoms with Crippen molar-refractivity contribution in [2.45, 2.75) is 20.1 Å². The van der Waals surface area contributed by atoms with Crippen molar-refractivity contribution in [1.82, 2.24) is 0 Å². The molecule has 0 bridgehead atoms. The Kier molecular flexibility index (Phi) is 3.04. The summed E-state index contributed by atoms with van der Waals surface area (Å²) in [5, 5.41) is 1.11. The summed E-state index contributed by atoms with van der Waals surface area (Å²) in [4.78, 5) is 0. The topological polar surface area (TPSA) is 48.4 Å². The molecule has 0 atom stereocenters. The summed E-state index contributed by atoms with van der Waals surface area (Å²) in [6, 6.07) is 6.04. The highest BCUT2D eigenvalue weighted by Crippen LogP contribution is 2.22. The molecule has 3 nitrogen and oxygen atoms in total. The van der Waals surface area contributed by atoms with Crippen LogP contribution in [-0.2, 0) is 17.9 Å². The number of fused-ring (bicyclic) bond motifs is 1. The van der Waals surface area contributed by atoms with E-state index in [0.29, 0.717) is 19.8 Å². The van der Waals surface area contributed by atoms with E-state index in [9.17, 15) is 0 Å². The van der Waals surface area contributed by atoms with Gasteiger partial charge in [0.25, 0.3) is 0 Å². The zero-order valence-electron chi connectivity index (χ0n) is 8.82. The zero-order valence-corrected chi connectivity index (χ0v) is 8.82. The fourth-order valence-electron chi connectivity index (χ4n) is 1.58. The highest BCUT2D eigenvalue weighted by Gasteiger charge is 2.05. The first-order valence-corrected chi connectivity index (χ1v) is 5.12. The number of nitrogens with two attached hydrogens (primary N) is 1. The molecule has 3 heteroatoms. The van der Waals surface area contributed by atoms with Gasteiger partial charge in [0.15, 0.2) is 0 Å². The van der Waals surface area contributed by atoms with Crippen molar-refractivity contribution in [3.63, 3.8) is 0 Å². The van der Waals surface area contributed by atoms with Crippen LogP contribution in [0.25, 0.3) is 11.0 Å². The SMILES string of the molecule is CCOCc1coc2cc(CN)ccc12. The Morgan fingerprint density at radius 1 is 1.40 bits per heavy atom. The van der Waals surface area contributed by atoms with E-state index in [2.05, 4.69) is 0 Å². The smallest absolute Gasteiger partial charge is 0.134 e. The maximum absolute atomic E-state index is 5.56. The van der Waals surface area contributed by atoms with Gasteiger partial charge < -0.3 is 14.9 Å². The lowest BCUT2D eigenvalue weighted by Gasteiger charge is -1.99. The molecule has 0 aliphatic rings. The van der Waals surface area contributed by atoms with Crippen LogP contribution in [0.2, 0.25) is 0 Å². The number of ether oxygens (including phenoxy) is 1. The van der Waals surface area contributed by atoms with Crippen LogP contribution >= 0.6 is 0 Å². The van der Waals surface area contributed by atoms with E-state index in [4.69, 9.17) is 14.9 Å². The zero-order chi connectivity index (χ0) is 10.7. The minimum atomic E-state index is 0.539. The lowest BCUT2D eigenvalue weighted by Crippen LogP contribution is -1.95. The monoisotopic (exact) mass is 205 g/mol. The summed E-state index contributed by atoms with van der Waals surface area (Å²) in [6.45, 7) is 3.84. The largest absolute Gasteiger partial charge is 0.464 e. The molecule has 80 valence electrons. The normalized spacial score (nSPS) is 11.1. The molecule has 0 fully saturated rings. The Bertz CT molecular complexity index is 448. The molecule has 0 amide bonds. The molecule has 0 aliphatic heterocycles. The van der Waals surface area contributed by atoms with Crippen LogP contribution < -0.4 is 5.73 Å². The van der Waals surface area contributed by atoms with Crippen molar-refractivity contribution in [1.29, 1.82) is 0 Å². The van der Waals surface area contributed by atoms with Gasteiger partial charge in [-0.15, -0.1) is 0 Å². The Hall–Kier alpha value is -1.32. The second-order valence-electron chi connectivity index (χ2n) is 3.43. The summed E-state index contributed by atoms with van der Waals surface area (Å²) in [6.07, 6.45) is 1.75. The average molecular weight is 205 g/mol. The fourth-order valence-corrected chi connectivity index (χ4v) is 1.58. The van der Waals surface area contributed by atoms with E-state index in [0.717, 1.165) is 22.1 Å². The Balaban J connectivity index is 2.34. The molecule has 2 N–H and O–H groups in total. The minimum absolute atomic E-state index is 0.539. The van der Waals surface area contributed by atoms with Gasteiger partial charge in [-0.1, -0.05) is 12.1 Å². The van der Waals surface area contributed by atoms with E-state index < -0.39 is 0 Å². The second-order valence-corrected chi connectivity index (χ2v) is 3.43. The van der Waals surface area contributed by atoms with Gasteiger partial charge in [-0.2, -0.15) is 0 Å². The van der Waals surface area contributed by atoms with Crippen LogP contribution in [0, 0.1) is 0 Å². The van der Waals surface area contributed by atoms with Crippen molar-refractivity contribution in [3.8, 4) is 0 Å². The molecule has 1 aromatic heterocycles. The van der Waals surface area contributed by atoms with Gasteiger partial charge in [0.1, 0.15) is 5.58 Å². The van der Waals surface area contributed by atoms with Gasteiger partial charge in [0.2, 0.25) is 0 Å². The van der Waals surface area contributed by atoms with Crippen LogP contribution in [0.15, 0.2) is 28.9 Å². The molecule has 2 aromatic rings. The van der Waals surface area contributed by atoms with Crippen molar-refractivity contribution < 1.29 is 9.15 Å². The third-order valence-electron chi connectivity index (χ3n) is 2.42. The molecule has 2 rings (SSSR count). The summed E-state index contributed by atoms with van der Waals surface area (Å²) in [7, 11) is 0. The van der Waals surface area contributed by atoms with E-state index in [1.807, 2.05) is 25.1 Å².